The standard InChI is InChI=1S/C13H13N3O3S/c1-7-14-12-8(5-6-20-12)13(19)16(7)9-3-2-4-10(17)15-11(9)18/h5-6,9H,2-4H2,1H3,(H,15,17,18). The van der Waals surface area contributed by atoms with Gasteiger partial charge in [-0.05, 0) is 31.2 Å². The van der Waals surface area contributed by atoms with Gasteiger partial charge in [-0.1, -0.05) is 0 Å². The normalized spacial score (nSPS) is 19.9. The van der Waals surface area contributed by atoms with E-state index in [0.717, 1.165) is 0 Å². The Morgan fingerprint density at radius 2 is 2.20 bits per heavy atom. The van der Waals surface area contributed by atoms with Gasteiger partial charge in [0.05, 0.1) is 5.39 Å². The summed E-state index contributed by atoms with van der Waals surface area (Å²) >= 11 is 1.40. The van der Waals surface area contributed by atoms with Crippen LogP contribution >= 0.6 is 11.3 Å². The molecule has 1 aliphatic rings. The number of rotatable bonds is 1. The van der Waals surface area contributed by atoms with Gasteiger partial charge in [0.25, 0.3) is 5.56 Å². The number of aromatic nitrogens is 2. The van der Waals surface area contributed by atoms with E-state index in [1.54, 1.807) is 18.4 Å². The van der Waals surface area contributed by atoms with Crippen LogP contribution in [0.15, 0.2) is 16.2 Å². The van der Waals surface area contributed by atoms with E-state index in [1.165, 1.54) is 15.9 Å². The largest absolute Gasteiger partial charge is 0.295 e. The lowest BCUT2D eigenvalue weighted by molar-refractivity contribution is -0.131. The van der Waals surface area contributed by atoms with Crippen molar-refractivity contribution >= 4 is 33.4 Å². The highest BCUT2D eigenvalue weighted by Crippen LogP contribution is 2.21. The molecular weight excluding hydrogens is 278 g/mol. The van der Waals surface area contributed by atoms with Crippen LogP contribution in [0.5, 0.6) is 0 Å². The molecule has 2 aromatic rings. The summed E-state index contributed by atoms with van der Waals surface area (Å²) in [5.74, 6) is -0.207. The van der Waals surface area contributed by atoms with E-state index in [0.29, 0.717) is 35.3 Å². The quantitative estimate of drug-likeness (QED) is 0.799. The van der Waals surface area contributed by atoms with Crippen LogP contribution in [0.4, 0.5) is 0 Å². The van der Waals surface area contributed by atoms with Gasteiger partial charge >= 0.3 is 0 Å². The summed E-state index contributed by atoms with van der Waals surface area (Å²) in [6.45, 7) is 1.71. The van der Waals surface area contributed by atoms with Gasteiger partial charge in [0.15, 0.2) is 0 Å². The summed E-state index contributed by atoms with van der Waals surface area (Å²) in [4.78, 5) is 41.0. The first-order valence-corrected chi connectivity index (χ1v) is 7.26. The molecule has 0 aromatic carbocycles. The van der Waals surface area contributed by atoms with Gasteiger partial charge in [-0.2, -0.15) is 0 Å². The van der Waals surface area contributed by atoms with Gasteiger partial charge in [0.2, 0.25) is 11.8 Å². The van der Waals surface area contributed by atoms with Crippen molar-refractivity contribution in [3.63, 3.8) is 0 Å². The molecule has 1 saturated heterocycles. The number of fused-ring (bicyclic) bond motifs is 1. The smallest absolute Gasteiger partial charge is 0.263 e. The van der Waals surface area contributed by atoms with Gasteiger partial charge in [0.1, 0.15) is 16.7 Å². The second-order valence-corrected chi connectivity index (χ2v) is 5.69. The van der Waals surface area contributed by atoms with Gasteiger partial charge < -0.3 is 0 Å². The molecule has 1 atom stereocenters. The van der Waals surface area contributed by atoms with Gasteiger partial charge in [-0.3, -0.25) is 24.3 Å². The zero-order valence-corrected chi connectivity index (χ0v) is 11.7. The van der Waals surface area contributed by atoms with Crippen LogP contribution in [0.3, 0.4) is 0 Å². The number of amides is 2. The van der Waals surface area contributed by atoms with E-state index in [2.05, 4.69) is 10.3 Å². The number of nitrogens with zero attached hydrogens (tertiary/aromatic N) is 2. The van der Waals surface area contributed by atoms with Crippen LogP contribution in [0.1, 0.15) is 31.1 Å². The minimum absolute atomic E-state index is 0.219. The predicted molar refractivity (Wildman–Crippen MR) is 74.7 cm³/mol. The highest BCUT2D eigenvalue weighted by atomic mass is 32.1. The molecule has 0 saturated carbocycles. The van der Waals surface area contributed by atoms with Crippen molar-refractivity contribution in [3.05, 3.63) is 27.6 Å². The van der Waals surface area contributed by atoms with Gasteiger partial charge in [-0.25, -0.2) is 4.98 Å². The van der Waals surface area contributed by atoms with Crippen molar-refractivity contribution in [2.24, 2.45) is 0 Å². The Morgan fingerprint density at radius 1 is 1.40 bits per heavy atom. The summed E-state index contributed by atoms with van der Waals surface area (Å²) in [6, 6.07) is 1.05. The average molecular weight is 291 g/mol. The van der Waals surface area contributed by atoms with Crippen LogP contribution < -0.4 is 10.9 Å². The Bertz CT molecular complexity index is 762. The lowest BCUT2D eigenvalue weighted by atomic mass is 10.1. The molecule has 2 aromatic heterocycles. The fourth-order valence-corrected chi connectivity index (χ4v) is 3.31. The zero-order chi connectivity index (χ0) is 14.3. The Kier molecular flexibility index (Phi) is 3.13. The van der Waals surface area contributed by atoms with Crippen molar-refractivity contribution in [2.45, 2.75) is 32.2 Å². The minimum atomic E-state index is -0.661. The highest BCUT2D eigenvalue weighted by molar-refractivity contribution is 7.16. The molecule has 2 amide bonds. The van der Waals surface area contributed by atoms with Crippen LogP contribution in [-0.4, -0.2) is 21.4 Å². The van der Waals surface area contributed by atoms with Crippen LogP contribution in [0, 0.1) is 6.92 Å². The fraction of sp³-hybridized carbons (Fsp3) is 0.385. The first kappa shape index (κ1) is 13.0. The van der Waals surface area contributed by atoms with Gasteiger partial charge in [-0.15, -0.1) is 11.3 Å². The minimum Gasteiger partial charge on any atom is -0.295 e. The number of carbonyl (C=O) groups excluding carboxylic acids is 2. The summed E-state index contributed by atoms with van der Waals surface area (Å²) in [5.41, 5.74) is -0.219. The maximum atomic E-state index is 12.5. The molecule has 1 N–H and O–H groups in total. The maximum absolute atomic E-state index is 12.5. The fourth-order valence-electron chi connectivity index (χ4n) is 2.51. The molecule has 0 bridgehead atoms. The van der Waals surface area contributed by atoms with E-state index in [1.807, 2.05) is 0 Å². The van der Waals surface area contributed by atoms with Crippen molar-refractivity contribution in [1.29, 1.82) is 0 Å². The lowest BCUT2D eigenvalue weighted by Crippen LogP contribution is -2.39. The number of hydrogen-bond donors (Lipinski definition) is 1. The number of carbonyl (C=O) groups is 2. The van der Waals surface area contributed by atoms with E-state index >= 15 is 0 Å². The third-order valence-electron chi connectivity index (χ3n) is 3.46. The number of nitrogens with one attached hydrogen (secondary N) is 1. The van der Waals surface area contributed by atoms with Crippen LogP contribution in [0.2, 0.25) is 0 Å². The van der Waals surface area contributed by atoms with E-state index in [9.17, 15) is 14.4 Å². The van der Waals surface area contributed by atoms with Crippen molar-refractivity contribution in [1.82, 2.24) is 14.9 Å². The Balaban J connectivity index is 2.15. The zero-order valence-electron chi connectivity index (χ0n) is 10.9. The van der Waals surface area contributed by atoms with Crippen molar-refractivity contribution < 1.29 is 9.59 Å². The molecule has 1 unspecified atom stereocenters. The second kappa shape index (κ2) is 4.82. The van der Waals surface area contributed by atoms with Crippen molar-refractivity contribution in [3.8, 4) is 0 Å². The number of thiophene rings is 1. The molecular formula is C13H13N3O3S. The molecule has 0 spiro atoms. The van der Waals surface area contributed by atoms with Crippen LogP contribution in [-0.2, 0) is 9.59 Å². The van der Waals surface area contributed by atoms with Crippen molar-refractivity contribution in [2.75, 3.05) is 0 Å². The topological polar surface area (TPSA) is 81.1 Å². The first-order chi connectivity index (χ1) is 9.58. The summed E-state index contributed by atoms with van der Waals surface area (Å²) in [6.07, 6.45) is 1.36. The molecule has 1 fully saturated rings. The first-order valence-electron chi connectivity index (χ1n) is 6.38. The molecule has 6 nitrogen and oxygen atoms in total. The summed E-state index contributed by atoms with van der Waals surface area (Å²) < 4.78 is 1.41. The van der Waals surface area contributed by atoms with E-state index < -0.39 is 11.9 Å². The van der Waals surface area contributed by atoms with E-state index in [-0.39, 0.29) is 11.5 Å². The summed E-state index contributed by atoms with van der Waals surface area (Å²) in [5, 5.41) is 4.65. The Labute approximate surface area is 118 Å². The lowest BCUT2D eigenvalue weighted by Gasteiger charge is -2.18. The highest BCUT2D eigenvalue weighted by Gasteiger charge is 2.28. The number of imide groups is 1. The molecule has 20 heavy (non-hydrogen) atoms. The number of aryl methyl sites for hydroxylation is 1. The number of hydrogen-bond acceptors (Lipinski definition) is 5. The monoisotopic (exact) mass is 291 g/mol. The van der Waals surface area contributed by atoms with Gasteiger partial charge in [0, 0.05) is 6.42 Å². The Hall–Kier alpha value is -2.02. The third-order valence-corrected chi connectivity index (χ3v) is 4.27. The SMILES string of the molecule is Cc1nc2sccc2c(=O)n1C1CCCC(=O)NC1=O. The van der Waals surface area contributed by atoms with E-state index in [4.69, 9.17) is 0 Å². The summed E-state index contributed by atoms with van der Waals surface area (Å²) in [7, 11) is 0. The molecule has 0 radical (unpaired) electrons. The van der Waals surface area contributed by atoms with Crippen LogP contribution in [0.25, 0.3) is 10.2 Å². The molecule has 7 heteroatoms. The predicted octanol–water partition coefficient (Wildman–Crippen LogP) is 1.13. The average Bonchev–Trinajstić information content (AvgIpc) is 2.78. The molecule has 3 heterocycles. The molecule has 0 aliphatic carbocycles. The third kappa shape index (κ3) is 2.03. The molecule has 1 aliphatic heterocycles. The molecule has 3 rings (SSSR count). The Morgan fingerprint density at radius 3 is 3.00 bits per heavy atom. The molecule has 104 valence electrons. The second-order valence-electron chi connectivity index (χ2n) is 4.79. The maximum Gasteiger partial charge on any atom is 0.263 e.